The molecular formula is C19H26FN3O3S. The molecule has 2 aliphatic rings. The van der Waals surface area contributed by atoms with Crippen LogP contribution in [0.25, 0.3) is 0 Å². The van der Waals surface area contributed by atoms with E-state index in [1.165, 1.54) is 16.4 Å². The van der Waals surface area contributed by atoms with Crippen molar-refractivity contribution < 1.29 is 17.6 Å². The summed E-state index contributed by atoms with van der Waals surface area (Å²) in [6.45, 7) is 5.20. The minimum absolute atomic E-state index is 0.0612. The molecule has 0 spiro atoms. The highest BCUT2D eigenvalue weighted by Crippen LogP contribution is 2.21. The summed E-state index contributed by atoms with van der Waals surface area (Å²) in [4.78, 5) is 14.8. The third kappa shape index (κ3) is 4.56. The van der Waals surface area contributed by atoms with E-state index in [4.69, 9.17) is 0 Å². The maximum absolute atomic E-state index is 13.0. The molecule has 0 radical (unpaired) electrons. The largest absolute Gasteiger partial charge is 0.351 e. The molecule has 27 heavy (non-hydrogen) atoms. The maximum Gasteiger partial charge on any atom is 0.247 e. The van der Waals surface area contributed by atoms with Crippen LogP contribution in [0.4, 0.5) is 4.39 Å². The van der Waals surface area contributed by atoms with E-state index in [2.05, 4.69) is 17.1 Å². The maximum atomic E-state index is 13.0. The molecule has 1 aromatic rings. The molecule has 1 saturated heterocycles. The second-order valence-electron chi connectivity index (χ2n) is 6.93. The van der Waals surface area contributed by atoms with E-state index in [-0.39, 0.29) is 23.9 Å². The Kier molecular flexibility index (Phi) is 6.29. The van der Waals surface area contributed by atoms with Crippen LogP contribution in [0.5, 0.6) is 0 Å². The molecule has 1 atom stereocenters. The monoisotopic (exact) mass is 395 g/mol. The molecule has 148 valence electrons. The van der Waals surface area contributed by atoms with Crippen LogP contribution >= 0.6 is 0 Å². The van der Waals surface area contributed by atoms with Crippen LogP contribution in [0.2, 0.25) is 0 Å². The van der Waals surface area contributed by atoms with Gasteiger partial charge in [-0.15, -0.1) is 0 Å². The van der Waals surface area contributed by atoms with E-state index in [1.807, 2.05) is 0 Å². The Morgan fingerprint density at radius 2 is 2.00 bits per heavy atom. The quantitative estimate of drug-likeness (QED) is 0.797. The number of amides is 1. The molecule has 2 heterocycles. The second-order valence-corrected chi connectivity index (χ2v) is 8.87. The molecule has 3 rings (SSSR count). The number of nitrogens with one attached hydrogen (secondary N) is 1. The van der Waals surface area contributed by atoms with Crippen molar-refractivity contribution in [2.75, 3.05) is 32.7 Å². The molecule has 1 N–H and O–H groups in total. The zero-order valence-electron chi connectivity index (χ0n) is 15.5. The number of likely N-dealkylation sites (N-methyl/N-ethyl adjacent to an activating group) is 1. The van der Waals surface area contributed by atoms with Crippen molar-refractivity contribution in [2.45, 2.75) is 37.1 Å². The smallest absolute Gasteiger partial charge is 0.247 e. The second kappa shape index (κ2) is 8.50. The van der Waals surface area contributed by atoms with Gasteiger partial charge in [0.2, 0.25) is 15.9 Å². The van der Waals surface area contributed by atoms with Gasteiger partial charge in [-0.3, -0.25) is 9.69 Å². The third-order valence-electron chi connectivity index (χ3n) is 5.32. The molecule has 1 amide bonds. The van der Waals surface area contributed by atoms with E-state index in [0.29, 0.717) is 24.6 Å². The first-order valence-corrected chi connectivity index (χ1v) is 10.8. The van der Waals surface area contributed by atoms with Gasteiger partial charge in [-0.25, -0.2) is 12.8 Å². The van der Waals surface area contributed by atoms with Crippen LogP contribution in [0, 0.1) is 5.82 Å². The highest BCUT2D eigenvalue weighted by atomic mass is 32.2. The highest BCUT2D eigenvalue weighted by Gasteiger charge is 2.28. The molecule has 0 aliphatic carbocycles. The Bertz CT molecular complexity index is 808. The van der Waals surface area contributed by atoms with Crippen molar-refractivity contribution >= 4 is 15.9 Å². The lowest BCUT2D eigenvalue weighted by atomic mass is 10.1. The predicted octanol–water partition coefficient (Wildman–Crippen LogP) is 1.75. The Labute approximate surface area is 160 Å². The lowest BCUT2D eigenvalue weighted by molar-refractivity contribution is -0.118. The van der Waals surface area contributed by atoms with Crippen molar-refractivity contribution in [2.24, 2.45) is 0 Å². The summed E-state index contributed by atoms with van der Waals surface area (Å²) in [5, 5.41) is 2.99. The van der Waals surface area contributed by atoms with E-state index >= 15 is 0 Å². The molecule has 1 fully saturated rings. The van der Waals surface area contributed by atoms with Gasteiger partial charge < -0.3 is 5.32 Å². The van der Waals surface area contributed by atoms with Gasteiger partial charge in [0.05, 0.1) is 4.90 Å². The SMILES string of the molecule is CCN1CCCC1CNC(=O)C1=CCN(S(=O)(=O)c2ccc(F)cc2)CC1. The molecule has 1 aromatic carbocycles. The number of halogens is 1. The summed E-state index contributed by atoms with van der Waals surface area (Å²) < 4.78 is 39.6. The van der Waals surface area contributed by atoms with Crippen LogP contribution in [0.15, 0.2) is 40.8 Å². The van der Waals surface area contributed by atoms with E-state index in [9.17, 15) is 17.6 Å². The standard InChI is InChI=1S/C19H26FN3O3S/c1-2-22-11-3-4-17(22)14-21-19(24)15-9-12-23(13-10-15)27(25,26)18-7-5-16(20)6-8-18/h5-9,17H,2-4,10-14H2,1H3,(H,21,24). The molecule has 1 unspecified atom stereocenters. The first-order valence-electron chi connectivity index (χ1n) is 9.39. The summed E-state index contributed by atoms with van der Waals surface area (Å²) >= 11 is 0. The van der Waals surface area contributed by atoms with E-state index in [1.54, 1.807) is 6.08 Å². The number of likely N-dealkylation sites (tertiary alicyclic amines) is 1. The van der Waals surface area contributed by atoms with E-state index in [0.717, 1.165) is 38.1 Å². The molecule has 0 saturated carbocycles. The van der Waals surface area contributed by atoms with Crippen LogP contribution in [0.1, 0.15) is 26.2 Å². The van der Waals surface area contributed by atoms with Gasteiger partial charge in [-0.05, 0) is 56.6 Å². The summed E-state index contributed by atoms with van der Waals surface area (Å²) in [6.07, 6.45) is 4.30. The van der Waals surface area contributed by atoms with Crippen molar-refractivity contribution in [1.82, 2.24) is 14.5 Å². The summed E-state index contributed by atoms with van der Waals surface area (Å²) in [6, 6.07) is 5.18. The van der Waals surface area contributed by atoms with Crippen molar-refractivity contribution in [3.63, 3.8) is 0 Å². The number of hydrogen-bond acceptors (Lipinski definition) is 4. The number of benzene rings is 1. The lowest BCUT2D eigenvalue weighted by Crippen LogP contribution is -2.42. The first kappa shape index (κ1) is 20.0. The van der Waals surface area contributed by atoms with Gasteiger partial charge in [0, 0.05) is 31.2 Å². The molecule has 8 heteroatoms. The molecule has 2 aliphatic heterocycles. The number of rotatable bonds is 6. The molecule has 0 bridgehead atoms. The van der Waals surface area contributed by atoms with Crippen molar-refractivity contribution in [1.29, 1.82) is 0 Å². The summed E-state index contributed by atoms with van der Waals surface area (Å²) in [7, 11) is -3.68. The number of sulfonamides is 1. The predicted molar refractivity (Wildman–Crippen MR) is 101 cm³/mol. The summed E-state index contributed by atoms with van der Waals surface area (Å²) in [5.41, 5.74) is 0.626. The van der Waals surface area contributed by atoms with Crippen molar-refractivity contribution in [3.8, 4) is 0 Å². The molecular weight excluding hydrogens is 369 g/mol. The Morgan fingerprint density at radius 1 is 1.26 bits per heavy atom. The third-order valence-corrected chi connectivity index (χ3v) is 7.20. The Morgan fingerprint density at radius 3 is 2.63 bits per heavy atom. The highest BCUT2D eigenvalue weighted by molar-refractivity contribution is 7.89. The van der Waals surface area contributed by atoms with E-state index < -0.39 is 15.8 Å². The van der Waals surface area contributed by atoms with Gasteiger partial charge in [-0.2, -0.15) is 4.31 Å². The van der Waals surface area contributed by atoms with Gasteiger partial charge in [-0.1, -0.05) is 13.0 Å². The minimum atomic E-state index is -3.68. The normalized spacial score (nSPS) is 21.9. The molecule has 6 nitrogen and oxygen atoms in total. The average Bonchev–Trinajstić information content (AvgIpc) is 3.14. The Hall–Kier alpha value is -1.77. The zero-order chi connectivity index (χ0) is 19.4. The van der Waals surface area contributed by atoms with Crippen LogP contribution in [-0.4, -0.2) is 62.3 Å². The number of carbonyl (C=O) groups is 1. The first-order chi connectivity index (χ1) is 12.9. The number of carbonyl (C=O) groups excluding carboxylic acids is 1. The number of hydrogen-bond donors (Lipinski definition) is 1. The Balaban J connectivity index is 1.57. The lowest BCUT2D eigenvalue weighted by Gasteiger charge is -2.26. The fourth-order valence-corrected chi connectivity index (χ4v) is 5.08. The van der Waals surface area contributed by atoms with Gasteiger partial charge in [0.1, 0.15) is 5.82 Å². The van der Waals surface area contributed by atoms with Gasteiger partial charge in [0.15, 0.2) is 0 Å². The van der Waals surface area contributed by atoms with Crippen LogP contribution in [-0.2, 0) is 14.8 Å². The van der Waals surface area contributed by atoms with Crippen LogP contribution < -0.4 is 5.32 Å². The topological polar surface area (TPSA) is 69.7 Å². The van der Waals surface area contributed by atoms with Gasteiger partial charge in [0.25, 0.3) is 0 Å². The average molecular weight is 396 g/mol. The zero-order valence-corrected chi connectivity index (χ0v) is 16.3. The molecule has 0 aromatic heterocycles. The minimum Gasteiger partial charge on any atom is -0.351 e. The van der Waals surface area contributed by atoms with Crippen LogP contribution in [0.3, 0.4) is 0 Å². The fraction of sp³-hybridized carbons (Fsp3) is 0.526. The van der Waals surface area contributed by atoms with Crippen molar-refractivity contribution in [3.05, 3.63) is 41.7 Å². The summed E-state index contributed by atoms with van der Waals surface area (Å²) in [5.74, 6) is -0.591. The fourth-order valence-electron chi connectivity index (χ4n) is 3.70. The number of nitrogens with zero attached hydrogens (tertiary/aromatic N) is 2. The van der Waals surface area contributed by atoms with Gasteiger partial charge >= 0.3 is 0 Å².